The summed E-state index contributed by atoms with van der Waals surface area (Å²) in [5.41, 5.74) is 3.46. The van der Waals surface area contributed by atoms with Gasteiger partial charge in [-0.25, -0.2) is 4.98 Å². The van der Waals surface area contributed by atoms with Crippen molar-refractivity contribution in [3.05, 3.63) is 46.8 Å². The molecule has 7 heteroatoms. The van der Waals surface area contributed by atoms with Gasteiger partial charge >= 0.3 is 0 Å². The number of methoxy groups -OCH3 is 1. The van der Waals surface area contributed by atoms with Gasteiger partial charge in [0.05, 0.1) is 19.4 Å². The third-order valence-corrected chi connectivity index (χ3v) is 4.16. The first-order valence-electron chi connectivity index (χ1n) is 7.59. The number of rotatable bonds is 3. The number of pyridine rings is 1. The van der Waals surface area contributed by atoms with Gasteiger partial charge in [0.25, 0.3) is 5.91 Å². The van der Waals surface area contributed by atoms with Crippen LogP contribution < -0.4 is 15.4 Å². The summed E-state index contributed by atoms with van der Waals surface area (Å²) in [6.45, 7) is 0.477. The molecule has 0 spiro atoms. The van der Waals surface area contributed by atoms with Gasteiger partial charge in [-0.1, -0.05) is 0 Å². The predicted octanol–water partition coefficient (Wildman–Crippen LogP) is 1.66. The monoisotopic (exact) mass is 333 g/mol. The molecule has 0 fully saturated rings. The van der Waals surface area contributed by atoms with Crippen molar-refractivity contribution < 1.29 is 9.53 Å². The highest BCUT2D eigenvalue weighted by atomic mass is 16.5. The molecule has 0 bridgehead atoms. The molecule has 3 rings (SSSR count). The van der Waals surface area contributed by atoms with Crippen molar-refractivity contribution in [1.82, 2.24) is 15.6 Å². The number of nitriles is 2. The molecule has 2 heterocycles. The molecule has 0 saturated heterocycles. The van der Waals surface area contributed by atoms with Gasteiger partial charge in [-0.2, -0.15) is 10.5 Å². The lowest BCUT2D eigenvalue weighted by molar-refractivity contribution is 0.0963. The number of amides is 1. The zero-order valence-corrected chi connectivity index (χ0v) is 13.8. The van der Waals surface area contributed by atoms with Gasteiger partial charge in [0.2, 0.25) is 0 Å². The van der Waals surface area contributed by atoms with Crippen LogP contribution in [0.5, 0.6) is 5.75 Å². The minimum absolute atomic E-state index is 0.209. The Labute approximate surface area is 144 Å². The molecule has 0 radical (unpaired) electrons. The molecule has 7 nitrogen and oxygen atoms in total. The number of hydrogen-bond acceptors (Lipinski definition) is 6. The Balaban J connectivity index is 2.32. The maximum absolute atomic E-state index is 12.1. The van der Waals surface area contributed by atoms with E-state index in [9.17, 15) is 15.3 Å². The van der Waals surface area contributed by atoms with Gasteiger partial charge in [0, 0.05) is 24.7 Å². The average molecular weight is 333 g/mol. The molecule has 1 aliphatic heterocycles. The summed E-state index contributed by atoms with van der Waals surface area (Å²) < 4.78 is 5.22. The molecule has 0 saturated carbocycles. The molecule has 1 aromatic heterocycles. The number of carbonyl (C=O) groups is 1. The highest BCUT2D eigenvalue weighted by Gasteiger charge is 2.28. The highest BCUT2D eigenvalue weighted by Crippen LogP contribution is 2.38. The second-order valence-electron chi connectivity index (χ2n) is 5.50. The number of nitrogens with zero attached hydrogens (tertiary/aromatic N) is 3. The molecule has 124 valence electrons. The molecule has 1 unspecified atom stereocenters. The maximum Gasteiger partial charge on any atom is 0.251 e. The van der Waals surface area contributed by atoms with Crippen LogP contribution in [0, 0.1) is 22.7 Å². The van der Waals surface area contributed by atoms with Crippen LogP contribution >= 0.6 is 0 Å². The van der Waals surface area contributed by atoms with Crippen molar-refractivity contribution in [2.24, 2.45) is 0 Å². The van der Waals surface area contributed by atoms with Crippen molar-refractivity contribution in [1.29, 1.82) is 10.5 Å². The standard InChI is InChI=1S/C18H15N5O2/c1-21-18(24)10-3-11-8-22-16(7-20)17(11)14(4-10)13-5-12(25-2)9-23-15(13)6-19/h3-5,9,16,22H,8H2,1-2H3,(H,21,24). The summed E-state index contributed by atoms with van der Waals surface area (Å²) in [4.78, 5) is 16.2. The number of aromatic nitrogens is 1. The SMILES string of the molecule is CNC(=O)c1cc2c(c(-c3cc(OC)cnc3C#N)c1)C(C#N)NC2. The summed E-state index contributed by atoms with van der Waals surface area (Å²) >= 11 is 0. The third kappa shape index (κ3) is 2.78. The first-order chi connectivity index (χ1) is 12.1. The second kappa shape index (κ2) is 6.60. The minimum atomic E-state index is -0.513. The summed E-state index contributed by atoms with van der Waals surface area (Å²) in [7, 11) is 3.07. The Morgan fingerprint density at radius 2 is 2.16 bits per heavy atom. The number of carbonyl (C=O) groups excluding carboxylic acids is 1. The quantitative estimate of drug-likeness (QED) is 0.883. The Kier molecular flexibility index (Phi) is 4.34. The molecular formula is C18H15N5O2. The number of fused-ring (bicyclic) bond motifs is 1. The van der Waals surface area contributed by atoms with Crippen molar-refractivity contribution in [3.63, 3.8) is 0 Å². The van der Waals surface area contributed by atoms with Crippen LogP contribution in [0.4, 0.5) is 0 Å². The fourth-order valence-corrected chi connectivity index (χ4v) is 2.97. The third-order valence-electron chi connectivity index (χ3n) is 4.16. The minimum Gasteiger partial charge on any atom is -0.495 e. The van der Waals surface area contributed by atoms with Crippen LogP contribution in [0.25, 0.3) is 11.1 Å². The highest BCUT2D eigenvalue weighted by molar-refractivity contribution is 5.96. The van der Waals surface area contributed by atoms with E-state index >= 15 is 0 Å². The molecule has 0 aliphatic carbocycles. The van der Waals surface area contributed by atoms with Crippen LogP contribution in [0.3, 0.4) is 0 Å². The van der Waals surface area contributed by atoms with E-state index in [1.165, 1.54) is 13.3 Å². The first-order valence-corrected chi connectivity index (χ1v) is 7.59. The predicted molar refractivity (Wildman–Crippen MR) is 89.5 cm³/mol. The van der Waals surface area contributed by atoms with Crippen molar-refractivity contribution in [2.45, 2.75) is 12.6 Å². The van der Waals surface area contributed by atoms with Crippen LogP contribution in [0.1, 0.15) is 33.2 Å². The van der Waals surface area contributed by atoms with Crippen LogP contribution in [0.15, 0.2) is 24.4 Å². The first kappa shape index (κ1) is 16.4. The Hall–Kier alpha value is -3.42. The lowest BCUT2D eigenvalue weighted by Gasteiger charge is -2.14. The molecular weight excluding hydrogens is 318 g/mol. The van der Waals surface area contributed by atoms with E-state index in [-0.39, 0.29) is 11.6 Å². The van der Waals surface area contributed by atoms with E-state index in [2.05, 4.69) is 27.8 Å². The van der Waals surface area contributed by atoms with E-state index in [0.29, 0.717) is 29.0 Å². The molecule has 1 amide bonds. The van der Waals surface area contributed by atoms with Crippen LogP contribution in [-0.2, 0) is 6.54 Å². The zero-order valence-electron chi connectivity index (χ0n) is 13.8. The Morgan fingerprint density at radius 1 is 1.36 bits per heavy atom. The molecule has 1 atom stereocenters. The van der Waals surface area contributed by atoms with Gasteiger partial charge in [0.1, 0.15) is 23.6 Å². The van der Waals surface area contributed by atoms with E-state index in [1.807, 2.05) is 0 Å². The van der Waals surface area contributed by atoms with Gasteiger partial charge in [0.15, 0.2) is 0 Å². The van der Waals surface area contributed by atoms with Crippen molar-refractivity contribution in [3.8, 4) is 29.0 Å². The van der Waals surface area contributed by atoms with E-state index in [4.69, 9.17) is 4.74 Å². The Bertz CT molecular complexity index is 940. The number of hydrogen-bond donors (Lipinski definition) is 2. The van der Waals surface area contributed by atoms with Crippen LogP contribution in [-0.4, -0.2) is 25.0 Å². The summed E-state index contributed by atoms with van der Waals surface area (Å²) in [5, 5.41) is 24.6. The van der Waals surface area contributed by atoms with E-state index in [1.54, 1.807) is 25.2 Å². The van der Waals surface area contributed by atoms with Gasteiger partial charge in [-0.05, 0) is 34.9 Å². The average Bonchev–Trinajstić information content (AvgIpc) is 3.09. The number of nitrogens with one attached hydrogen (secondary N) is 2. The molecule has 25 heavy (non-hydrogen) atoms. The largest absolute Gasteiger partial charge is 0.495 e. The number of benzene rings is 1. The second-order valence-corrected chi connectivity index (χ2v) is 5.50. The van der Waals surface area contributed by atoms with E-state index in [0.717, 1.165) is 11.1 Å². The lowest BCUT2D eigenvalue weighted by atomic mass is 9.90. The fourth-order valence-electron chi connectivity index (χ4n) is 2.97. The summed E-state index contributed by atoms with van der Waals surface area (Å²) in [5.74, 6) is 0.256. The smallest absolute Gasteiger partial charge is 0.251 e. The number of ether oxygens (including phenoxy) is 1. The molecule has 2 N–H and O–H groups in total. The van der Waals surface area contributed by atoms with Gasteiger partial charge < -0.3 is 10.1 Å². The van der Waals surface area contributed by atoms with Gasteiger partial charge in [-0.3, -0.25) is 10.1 Å². The molecule has 1 aliphatic rings. The lowest BCUT2D eigenvalue weighted by Crippen LogP contribution is -2.18. The summed E-state index contributed by atoms with van der Waals surface area (Å²) in [6, 6.07) is 8.91. The fraction of sp³-hybridized carbons (Fsp3) is 0.222. The van der Waals surface area contributed by atoms with Crippen molar-refractivity contribution in [2.75, 3.05) is 14.2 Å². The maximum atomic E-state index is 12.1. The van der Waals surface area contributed by atoms with Crippen LogP contribution in [0.2, 0.25) is 0 Å². The van der Waals surface area contributed by atoms with Crippen molar-refractivity contribution >= 4 is 5.91 Å². The molecule has 1 aromatic carbocycles. The van der Waals surface area contributed by atoms with E-state index < -0.39 is 6.04 Å². The zero-order chi connectivity index (χ0) is 18.0. The topological polar surface area (TPSA) is 111 Å². The Morgan fingerprint density at radius 3 is 2.80 bits per heavy atom. The normalized spacial score (nSPS) is 15.0. The van der Waals surface area contributed by atoms with Gasteiger partial charge in [-0.15, -0.1) is 0 Å². The summed E-state index contributed by atoms with van der Waals surface area (Å²) in [6.07, 6.45) is 1.46. The molecule has 2 aromatic rings.